The first kappa shape index (κ1) is 18.3. The first-order valence-corrected chi connectivity index (χ1v) is 8.94. The van der Waals surface area contributed by atoms with Crippen LogP contribution in [0.3, 0.4) is 0 Å². The molecule has 1 aliphatic heterocycles. The summed E-state index contributed by atoms with van der Waals surface area (Å²) in [6, 6.07) is 3.32. The molecule has 138 valence electrons. The van der Waals surface area contributed by atoms with Crippen LogP contribution in [0, 0.1) is 0 Å². The normalized spacial score (nSPS) is 15.2. The molecule has 2 aromatic rings. The first-order chi connectivity index (χ1) is 12.3. The molecule has 0 saturated carbocycles. The SMILES string of the molecule is CC1(C)C(=O)N(CC(=O)NCCCc2nnn[nH]2)c2c(O)cc(Br)cc21. The molecule has 10 heteroatoms. The van der Waals surface area contributed by atoms with Crippen molar-refractivity contribution in [2.24, 2.45) is 0 Å². The van der Waals surface area contributed by atoms with Gasteiger partial charge in [-0.15, -0.1) is 5.10 Å². The molecule has 0 spiro atoms. The largest absolute Gasteiger partial charge is 0.506 e. The monoisotopic (exact) mass is 422 g/mol. The van der Waals surface area contributed by atoms with Crippen LogP contribution in [-0.2, 0) is 21.4 Å². The number of carbonyl (C=O) groups excluding carboxylic acids is 2. The Hall–Kier alpha value is -2.49. The summed E-state index contributed by atoms with van der Waals surface area (Å²) in [5.74, 6) is 0.114. The van der Waals surface area contributed by atoms with Crippen molar-refractivity contribution in [3.05, 3.63) is 28.0 Å². The summed E-state index contributed by atoms with van der Waals surface area (Å²) >= 11 is 3.33. The zero-order valence-corrected chi connectivity index (χ0v) is 16.0. The Morgan fingerprint density at radius 2 is 2.19 bits per heavy atom. The number of aromatic amines is 1. The third kappa shape index (κ3) is 3.41. The molecule has 9 nitrogen and oxygen atoms in total. The molecule has 0 fully saturated rings. The topological polar surface area (TPSA) is 124 Å². The second kappa shape index (κ2) is 7.02. The summed E-state index contributed by atoms with van der Waals surface area (Å²) in [7, 11) is 0. The number of anilines is 1. The van der Waals surface area contributed by atoms with Gasteiger partial charge in [0.25, 0.3) is 0 Å². The van der Waals surface area contributed by atoms with Crippen molar-refractivity contribution >= 4 is 33.4 Å². The van der Waals surface area contributed by atoms with E-state index in [0.717, 1.165) is 0 Å². The molecule has 0 atom stereocenters. The quantitative estimate of drug-likeness (QED) is 0.597. The van der Waals surface area contributed by atoms with Crippen LogP contribution < -0.4 is 10.2 Å². The van der Waals surface area contributed by atoms with E-state index in [1.807, 2.05) is 0 Å². The third-order valence-electron chi connectivity index (χ3n) is 4.38. The minimum atomic E-state index is -0.809. The minimum absolute atomic E-state index is 0.0288. The fraction of sp³-hybridized carbons (Fsp3) is 0.438. The van der Waals surface area contributed by atoms with E-state index >= 15 is 0 Å². The average molecular weight is 423 g/mol. The van der Waals surface area contributed by atoms with E-state index in [0.29, 0.717) is 40.9 Å². The lowest BCUT2D eigenvalue weighted by molar-refractivity contribution is -0.125. The molecular weight excluding hydrogens is 404 g/mol. The van der Waals surface area contributed by atoms with Gasteiger partial charge < -0.3 is 10.4 Å². The highest BCUT2D eigenvalue weighted by atomic mass is 79.9. The average Bonchev–Trinajstić information content (AvgIpc) is 3.14. The van der Waals surface area contributed by atoms with E-state index in [9.17, 15) is 14.7 Å². The van der Waals surface area contributed by atoms with Gasteiger partial charge in [0.05, 0.1) is 11.1 Å². The van der Waals surface area contributed by atoms with Gasteiger partial charge in [0.15, 0.2) is 0 Å². The molecule has 1 aromatic heterocycles. The van der Waals surface area contributed by atoms with Gasteiger partial charge in [0, 0.05) is 17.4 Å². The van der Waals surface area contributed by atoms with Crippen LogP contribution >= 0.6 is 15.9 Å². The number of rotatable bonds is 6. The fourth-order valence-corrected chi connectivity index (χ4v) is 3.46. The van der Waals surface area contributed by atoms with Crippen LogP contribution in [0.1, 0.15) is 31.7 Å². The van der Waals surface area contributed by atoms with E-state index in [4.69, 9.17) is 0 Å². The van der Waals surface area contributed by atoms with Gasteiger partial charge in [-0.05, 0) is 48.4 Å². The second-order valence-corrected chi connectivity index (χ2v) is 7.55. The molecule has 1 aromatic carbocycles. The van der Waals surface area contributed by atoms with Gasteiger partial charge in [-0.2, -0.15) is 0 Å². The van der Waals surface area contributed by atoms with E-state index in [2.05, 4.69) is 41.9 Å². The number of hydrogen-bond donors (Lipinski definition) is 3. The summed E-state index contributed by atoms with van der Waals surface area (Å²) in [4.78, 5) is 26.4. The highest BCUT2D eigenvalue weighted by molar-refractivity contribution is 9.10. The Morgan fingerprint density at radius 1 is 1.42 bits per heavy atom. The van der Waals surface area contributed by atoms with E-state index < -0.39 is 5.41 Å². The predicted molar refractivity (Wildman–Crippen MR) is 96.7 cm³/mol. The number of aryl methyl sites for hydroxylation is 1. The van der Waals surface area contributed by atoms with Crippen molar-refractivity contribution in [2.45, 2.75) is 32.1 Å². The first-order valence-electron chi connectivity index (χ1n) is 8.15. The van der Waals surface area contributed by atoms with Crippen molar-refractivity contribution in [3.63, 3.8) is 0 Å². The van der Waals surface area contributed by atoms with Crippen LogP contribution in [-0.4, -0.2) is 50.6 Å². The lowest BCUT2D eigenvalue weighted by atomic mass is 9.86. The van der Waals surface area contributed by atoms with Gasteiger partial charge >= 0.3 is 0 Å². The zero-order valence-electron chi connectivity index (χ0n) is 14.4. The number of amides is 2. The van der Waals surface area contributed by atoms with Crippen molar-refractivity contribution in [3.8, 4) is 5.75 Å². The number of carbonyl (C=O) groups is 2. The summed E-state index contributed by atoms with van der Waals surface area (Å²) in [6.45, 7) is 3.85. The van der Waals surface area contributed by atoms with E-state index in [1.54, 1.807) is 19.9 Å². The number of aromatic hydroxyl groups is 1. The number of phenolic OH excluding ortho intramolecular Hbond substituents is 1. The van der Waals surface area contributed by atoms with Crippen LogP contribution in [0.4, 0.5) is 5.69 Å². The molecule has 26 heavy (non-hydrogen) atoms. The Kier molecular flexibility index (Phi) is 4.94. The summed E-state index contributed by atoms with van der Waals surface area (Å²) in [5, 5.41) is 26.4. The number of benzene rings is 1. The number of H-pyrrole nitrogens is 1. The van der Waals surface area contributed by atoms with Gasteiger partial charge in [-0.3, -0.25) is 14.5 Å². The summed E-state index contributed by atoms with van der Waals surface area (Å²) < 4.78 is 0.683. The number of tetrazole rings is 1. The predicted octanol–water partition coefficient (Wildman–Crippen LogP) is 1.04. The molecule has 0 unspecified atom stereocenters. The number of halogens is 1. The zero-order chi connectivity index (χ0) is 18.9. The fourth-order valence-electron chi connectivity index (χ4n) is 3.02. The molecule has 0 saturated heterocycles. The van der Waals surface area contributed by atoms with E-state index in [-0.39, 0.29) is 24.1 Å². The standard InChI is InChI=1S/C16H19BrN6O3/c1-16(2)10-6-9(17)7-11(24)14(10)23(15(16)26)8-13(25)18-5-3-4-12-19-21-22-20-12/h6-7,24H,3-5,8H2,1-2H3,(H,18,25)(H,19,20,21,22). The highest BCUT2D eigenvalue weighted by Crippen LogP contribution is 2.47. The number of aromatic nitrogens is 4. The Labute approximate surface area is 158 Å². The Balaban J connectivity index is 1.64. The lowest BCUT2D eigenvalue weighted by Gasteiger charge is -2.20. The summed E-state index contributed by atoms with van der Waals surface area (Å²) in [6.07, 6.45) is 1.28. The van der Waals surface area contributed by atoms with Crippen molar-refractivity contribution < 1.29 is 14.7 Å². The Bertz CT molecular complexity index is 837. The van der Waals surface area contributed by atoms with Gasteiger partial charge in [0.2, 0.25) is 11.8 Å². The maximum atomic E-state index is 12.8. The number of fused-ring (bicyclic) bond motifs is 1. The van der Waals surface area contributed by atoms with E-state index in [1.165, 1.54) is 11.0 Å². The Morgan fingerprint density at radius 3 is 2.88 bits per heavy atom. The molecule has 3 N–H and O–H groups in total. The third-order valence-corrected chi connectivity index (χ3v) is 4.84. The van der Waals surface area contributed by atoms with Gasteiger partial charge in [-0.25, -0.2) is 5.10 Å². The molecule has 2 heterocycles. The molecule has 0 radical (unpaired) electrons. The molecule has 0 aliphatic carbocycles. The lowest BCUT2D eigenvalue weighted by Crippen LogP contribution is -2.43. The van der Waals surface area contributed by atoms with Crippen molar-refractivity contribution in [2.75, 3.05) is 18.0 Å². The van der Waals surface area contributed by atoms with Crippen LogP contribution in [0.25, 0.3) is 0 Å². The maximum absolute atomic E-state index is 12.8. The molecular formula is C16H19BrN6O3. The number of nitrogens with zero attached hydrogens (tertiary/aromatic N) is 4. The second-order valence-electron chi connectivity index (χ2n) is 6.64. The van der Waals surface area contributed by atoms with Crippen LogP contribution in [0.5, 0.6) is 5.75 Å². The molecule has 3 rings (SSSR count). The van der Waals surface area contributed by atoms with Gasteiger partial charge in [0.1, 0.15) is 18.1 Å². The smallest absolute Gasteiger partial charge is 0.240 e. The van der Waals surface area contributed by atoms with Gasteiger partial charge in [-0.1, -0.05) is 15.9 Å². The van der Waals surface area contributed by atoms with Crippen LogP contribution in [0.2, 0.25) is 0 Å². The number of hydrogen-bond acceptors (Lipinski definition) is 6. The minimum Gasteiger partial charge on any atom is -0.506 e. The molecule has 0 bridgehead atoms. The number of nitrogens with one attached hydrogen (secondary N) is 2. The molecule has 2 amide bonds. The number of phenols is 1. The summed E-state index contributed by atoms with van der Waals surface area (Å²) in [5.41, 5.74) is 0.280. The highest BCUT2D eigenvalue weighted by Gasteiger charge is 2.46. The van der Waals surface area contributed by atoms with Crippen molar-refractivity contribution in [1.29, 1.82) is 0 Å². The van der Waals surface area contributed by atoms with Crippen LogP contribution in [0.15, 0.2) is 16.6 Å². The molecule has 1 aliphatic rings. The van der Waals surface area contributed by atoms with Crippen molar-refractivity contribution in [1.82, 2.24) is 25.9 Å². The maximum Gasteiger partial charge on any atom is 0.240 e.